The van der Waals surface area contributed by atoms with E-state index in [1.807, 2.05) is 24.3 Å². The molecular formula is C14H13BrN4O. The first-order chi connectivity index (χ1) is 9.72. The minimum atomic E-state index is 0.350. The van der Waals surface area contributed by atoms with Crippen LogP contribution in [0, 0.1) is 11.3 Å². The highest BCUT2D eigenvalue weighted by molar-refractivity contribution is 9.10. The molecule has 1 N–H and O–H groups in total. The zero-order chi connectivity index (χ0) is 14.4. The van der Waals surface area contributed by atoms with Crippen LogP contribution in [-0.4, -0.2) is 23.6 Å². The van der Waals surface area contributed by atoms with Gasteiger partial charge in [0.1, 0.15) is 29.7 Å². The number of hydrogen-bond donors (Lipinski definition) is 1. The third-order valence-electron chi connectivity index (χ3n) is 2.72. The molecule has 0 aliphatic heterocycles. The van der Waals surface area contributed by atoms with E-state index in [1.54, 1.807) is 13.2 Å². The second kappa shape index (κ2) is 6.87. The average molecular weight is 333 g/mol. The van der Waals surface area contributed by atoms with Crippen molar-refractivity contribution in [2.75, 3.05) is 19.0 Å². The van der Waals surface area contributed by atoms with Crippen molar-refractivity contribution < 1.29 is 4.74 Å². The van der Waals surface area contributed by atoms with Gasteiger partial charge < -0.3 is 10.1 Å². The summed E-state index contributed by atoms with van der Waals surface area (Å²) in [6, 6.07) is 9.51. The third kappa shape index (κ3) is 3.68. The minimum absolute atomic E-state index is 0.350. The Bertz CT molecular complexity index is 639. The monoisotopic (exact) mass is 332 g/mol. The van der Waals surface area contributed by atoms with Crippen LogP contribution in [0.25, 0.3) is 0 Å². The van der Waals surface area contributed by atoms with E-state index < -0.39 is 0 Å². The van der Waals surface area contributed by atoms with Crippen LogP contribution in [-0.2, 0) is 6.42 Å². The van der Waals surface area contributed by atoms with Gasteiger partial charge in [-0.3, -0.25) is 0 Å². The minimum Gasteiger partial charge on any atom is -0.496 e. The van der Waals surface area contributed by atoms with Gasteiger partial charge >= 0.3 is 0 Å². The van der Waals surface area contributed by atoms with Crippen molar-refractivity contribution in [3.63, 3.8) is 0 Å². The quantitative estimate of drug-likeness (QED) is 0.911. The number of methoxy groups -OCH3 is 1. The Hall–Kier alpha value is -2.13. The van der Waals surface area contributed by atoms with Gasteiger partial charge in [-0.25, -0.2) is 9.97 Å². The van der Waals surface area contributed by atoms with E-state index in [9.17, 15) is 0 Å². The molecule has 0 saturated carbocycles. The summed E-state index contributed by atoms with van der Waals surface area (Å²) in [6.45, 7) is 0.689. The molecular weight excluding hydrogens is 320 g/mol. The number of anilines is 1. The van der Waals surface area contributed by atoms with Gasteiger partial charge in [-0.05, 0) is 30.2 Å². The molecule has 1 aromatic heterocycles. The maximum atomic E-state index is 8.77. The molecule has 5 nitrogen and oxygen atoms in total. The van der Waals surface area contributed by atoms with Crippen molar-refractivity contribution >= 4 is 21.7 Å². The lowest BCUT2D eigenvalue weighted by atomic mass is 10.1. The van der Waals surface area contributed by atoms with Crippen molar-refractivity contribution in [3.8, 4) is 11.8 Å². The topological polar surface area (TPSA) is 70.8 Å². The Balaban J connectivity index is 1.99. The molecule has 0 saturated heterocycles. The lowest BCUT2D eigenvalue weighted by Crippen LogP contribution is -2.07. The zero-order valence-corrected chi connectivity index (χ0v) is 12.5. The second-order valence-corrected chi connectivity index (χ2v) is 4.95. The van der Waals surface area contributed by atoms with Crippen LogP contribution in [0.3, 0.4) is 0 Å². The summed E-state index contributed by atoms with van der Waals surface area (Å²) >= 11 is 3.45. The van der Waals surface area contributed by atoms with E-state index in [0.717, 1.165) is 22.2 Å². The average Bonchev–Trinajstić information content (AvgIpc) is 2.48. The fraction of sp³-hybridized carbons (Fsp3) is 0.214. The summed E-state index contributed by atoms with van der Waals surface area (Å²) in [6.07, 6.45) is 2.16. The van der Waals surface area contributed by atoms with E-state index >= 15 is 0 Å². The Morgan fingerprint density at radius 2 is 2.20 bits per heavy atom. The van der Waals surface area contributed by atoms with E-state index in [2.05, 4.69) is 31.2 Å². The number of ether oxygens (including phenoxy) is 1. The summed E-state index contributed by atoms with van der Waals surface area (Å²) < 4.78 is 6.34. The lowest BCUT2D eigenvalue weighted by molar-refractivity contribution is 0.410. The van der Waals surface area contributed by atoms with Crippen molar-refractivity contribution in [1.29, 1.82) is 5.26 Å². The van der Waals surface area contributed by atoms with E-state index in [0.29, 0.717) is 18.1 Å². The molecule has 0 aliphatic rings. The molecule has 0 spiro atoms. The van der Waals surface area contributed by atoms with Gasteiger partial charge in [-0.15, -0.1) is 0 Å². The molecule has 2 aromatic rings. The molecule has 0 amide bonds. The number of benzene rings is 1. The predicted molar refractivity (Wildman–Crippen MR) is 79.6 cm³/mol. The summed E-state index contributed by atoms with van der Waals surface area (Å²) in [4.78, 5) is 7.89. The van der Waals surface area contributed by atoms with Gasteiger partial charge in [0.15, 0.2) is 0 Å². The number of nitrogens with one attached hydrogen (secondary N) is 1. The third-order valence-corrected chi connectivity index (χ3v) is 3.22. The summed E-state index contributed by atoms with van der Waals surface area (Å²) in [5.74, 6) is 1.50. The molecule has 6 heteroatoms. The Morgan fingerprint density at radius 3 is 2.95 bits per heavy atom. The smallest absolute Gasteiger partial charge is 0.145 e. The molecule has 0 radical (unpaired) electrons. The largest absolute Gasteiger partial charge is 0.496 e. The highest BCUT2D eigenvalue weighted by atomic mass is 79.9. The van der Waals surface area contributed by atoms with E-state index in [4.69, 9.17) is 10.00 Å². The number of nitrogens with zero attached hydrogens (tertiary/aromatic N) is 3. The summed E-state index contributed by atoms with van der Waals surface area (Å²) in [5, 5.41) is 11.9. The molecule has 1 aromatic carbocycles. The maximum Gasteiger partial charge on any atom is 0.145 e. The Kier molecular flexibility index (Phi) is 4.91. The SMILES string of the molecule is COc1ccc(Br)cc1CCNc1cc(C#N)ncn1. The van der Waals surface area contributed by atoms with E-state index in [-0.39, 0.29) is 0 Å². The molecule has 0 atom stereocenters. The fourth-order valence-electron chi connectivity index (χ4n) is 1.78. The van der Waals surface area contributed by atoms with Gasteiger partial charge in [0.2, 0.25) is 0 Å². The molecule has 1 heterocycles. The number of halogens is 1. The predicted octanol–water partition coefficient (Wildman–Crippen LogP) is 2.77. The van der Waals surface area contributed by atoms with E-state index in [1.165, 1.54) is 6.33 Å². The molecule has 20 heavy (non-hydrogen) atoms. The number of aromatic nitrogens is 2. The van der Waals surface area contributed by atoms with Crippen molar-refractivity contribution in [1.82, 2.24) is 9.97 Å². The van der Waals surface area contributed by atoms with Crippen molar-refractivity contribution in [2.45, 2.75) is 6.42 Å². The van der Waals surface area contributed by atoms with Gasteiger partial charge in [0.25, 0.3) is 0 Å². The molecule has 0 bridgehead atoms. The number of nitriles is 1. The second-order valence-electron chi connectivity index (χ2n) is 4.03. The highest BCUT2D eigenvalue weighted by Gasteiger charge is 2.04. The summed E-state index contributed by atoms with van der Waals surface area (Å²) in [7, 11) is 1.66. The van der Waals surface area contributed by atoms with Crippen LogP contribution in [0.15, 0.2) is 35.1 Å². The molecule has 0 aliphatic carbocycles. The first kappa shape index (κ1) is 14.3. The highest BCUT2D eigenvalue weighted by Crippen LogP contribution is 2.23. The normalized spacial score (nSPS) is 9.85. The van der Waals surface area contributed by atoms with Crippen LogP contribution in [0.1, 0.15) is 11.3 Å². The van der Waals surface area contributed by atoms with Crippen LogP contribution in [0.5, 0.6) is 5.75 Å². The van der Waals surface area contributed by atoms with Crippen LogP contribution < -0.4 is 10.1 Å². The Labute approximate surface area is 125 Å². The molecule has 0 unspecified atom stereocenters. The number of rotatable bonds is 5. The van der Waals surface area contributed by atoms with Crippen LogP contribution in [0.4, 0.5) is 5.82 Å². The fourth-order valence-corrected chi connectivity index (χ4v) is 2.19. The van der Waals surface area contributed by atoms with Gasteiger partial charge in [-0.1, -0.05) is 15.9 Å². The molecule has 2 rings (SSSR count). The van der Waals surface area contributed by atoms with Crippen molar-refractivity contribution in [3.05, 3.63) is 46.3 Å². The van der Waals surface area contributed by atoms with Gasteiger partial charge in [-0.2, -0.15) is 5.26 Å². The van der Waals surface area contributed by atoms with Gasteiger partial charge in [0.05, 0.1) is 7.11 Å². The van der Waals surface area contributed by atoms with Crippen LogP contribution >= 0.6 is 15.9 Å². The maximum absolute atomic E-state index is 8.77. The summed E-state index contributed by atoms with van der Waals surface area (Å²) in [5.41, 5.74) is 1.45. The first-order valence-corrected chi connectivity index (χ1v) is 6.80. The lowest BCUT2D eigenvalue weighted by Gasteiger charge is -2.10. The number of hydrogen-bond acceptors (Lipinski definition) is 5. The zero-order valence-electron chi connectivity index (χ0n) is 10.9. The first-order valence-electron chi connectivity index (χ1n) is 6.01. The standard InChI is InChI=1S/C14H13BrN4O/c1-20-13-3-2-11(15)6-10(13)4-5-17-14-7-12(8-16)18-9-19-14/h2-3,6-7,9H,4-5H2,1H3,(H,17,18,19). The molecule has 102 valence electrons. The molecule has 0 fully saturated rings. The Morgan fingerprint density at radius 1 is 1.35 bits per heavy atom. The van der Waals surface area contributed by atoms with Crippen molar-refractivity contribution in [2.24, 2.45) is 0 Å². The van der Waals surface area contributed by atoms with Gasteiger partial charge in [0, 0.05) is 17.1 Å². The van der Waals surface area contributed by atoms with Crippen LogP contribution in [0.2, 0.25) is 0 Å².